The van der Waals surface area contributed by atoms with E-state index in [1.54, 1.807) is 31.2 Å². The molecule has 0 spiro atoms. The third kappa shape index (κ3) is 3.48. The van der Waals surface area contributed by atoms with Gasteiger partial charge in [0.2, 0.25) is 11.2 Å². The maximum Gasteiger partial charge on any atom is 0.308 e. The van der Waals surface area contributed by atoms with Gasteiger partial charge in [-0.1, -0.05) is 11.6 Å². The molecule has 0 unspecified atom stereocenters. The lowest BCUT2D eigenvalue weighted by molar-refractivity contribution is -0.131. The molecule has 0 atom stereocenters. The predicted molar refractivity (Wildman–Crippen MR) is 102 cm³/mol. The Balaban J connectivity index is 2.35. The molecular weight excluding hydrogens is 372 g/mol. The Kier molecular flexibility index (Phi) is 5.10. The van der Waals surface area contributed by atoms with Gasteiger partial charge in [0.05, 0.1) is 19.6 Å². The number of carbonyl (C=O) groups is 1. The molecule has 2 aromatic carbocycles. The molecule has 3 rings (SSSR count). The Hall–Kier alpha value is -2.99. The van der Waals surface area contributed by atoms with E-state index in [2.05, 4.69) is 0 Å². The quantitative estimate of drug-likeness (QED) is 0.618. The molecule has 0 amide bonds. The first-order chi connectivity index (χ1) is 12.8. The Bertz CT molecular complexity index is 1100. The van der Waals surface area contributed by atoms with Gasteiger partial charge in [0, 0.05) is 17.5 Å². The molecule has 0 aliphatic carbocycles. The van der Waals surface area contributed by atoms with E-state index in [1.807, 2.05) is 0 Å². The first kappa shape index (κ1) is 18.8. The highest BCUT2D eigenvalue weighted by atomic mass is 35.5. The Labute approximate surface area is 160 Å². The van der Waals surface area contributed by atoms with E-state index >= 15 is 0 Å². The number of hydrogen-bond acceptors (Lipinski definition) is 6. The lowest BCUT2D eigenvalue weighted by Crippen LogP contribution is -2.13. The normalized spacial score (nSPS) is 10.7. The van der Waals surface area contributed by atoms with Gasteiger partial charge in [-0.3, -0.25) is 9.59 Å². The molecule has 27 heavy (non-hydrogen) atoms. The summed E-state index contributed by atoms with van der Waals surface area (Å²) >= 11 is 6.13. The number of methoxy groups -OCH3 is 2. The number of halogens is 1. The van der Waals surface area contributed by atoms with Gasteiger partial charge in [-0.15, -0.1) is 0 Å². The minimum absolute atomic E-state index is 0.116. The average Bonchev–Trinajstić information content (AvgIpc) is 2.64. The van der Waals surface area contributed by atoms with E-state index in [-0.39, 0.29) is 16.9 Å². The zero-order valence-electron chi connectivity index (χ0n) is 15.2. The van der Waals surface area contributed by atoms with Crippen molar-refractivity contribution in [2.75, 3.05) is 14.2 Å². The molecule has 0 N–H and O–H groups in total. The van der Waals surface area contributed by atoms with E-state index in [0.717, 1.165) is 5.56 Å². The molecule has 0 fully saturated rings. The highest BCUT2D eigenvalue weighted by molar-refractivity contribution is 6.32. The molecule has 0 bridgehead atoms. The summed E-state index contributed by atoms with van der Waals surface area (Å²) in [6.07, 6.45) is 0. The van der Waals surface area contributed by atoms with Crippen molar-refractivity contribution in [3.8, 4) is 28.6 Å². The smallest absolute Gasteiger partial charge is 0.308 e. The standard InChI is InChI=1S/C20H17ClO6/c1-10-7-16-13(9-14(10)21)18(23)20(26-11(2)22)19(27-16)12-5-6-15(24-3)17(8-12)25-4/h5-9H,1-4H3. The molecule has 3 aromatic rings. The van der Waals surface area contributed by atoms with Crippen molar-refractivity contribution in [2.45, 2.75) is 13.8 Å². The fourth-order valence-corrected chi connectivity index (χ4v) is 2.87. The fourth-order valence-electron chi connectivity index (χ4n) is 2.70. The van der Waals surface area contributed by atoms with Crippen molar-refractivity contribution in [2.24, 2.45) is 0 Å². The van der Waals surface area contributed by atoms with Crippen molar-refractivity contribution in [1.82, 2.24) is 0 Å². The molecule has 6 nitrogen and oxygen atoms in total. The van der Waals surface area contributed by atoms with Crippen molar-refractivity contribution in [3.63, 3.8) is 0 Å². The van der Waals surface area contributed by atoms with Crippen LogP contribution in [0.1, 0.15) is 12.5 Å². The summed E-state index contributed by atoms with van der Waals surface area (Å²) in [7, 11) is 3.01. The van der Waals surface area contributed by atoms with Crippen LogP contribution in [0.3, 0.4) is 0 Å². The highest BCUT2D eigenvalue weighted by Gasteiger charge is 2.21. The van der Waals surface area contributed by atoms with E-state index in [0.29, 0.717) is 27.7 Å². The van der Waals surface area contributed by atoms with Crippen LogP contribution in [0.25, 0.3) is 22.3 Å². The molecule has 0 aliphatic heterocycles. The summed E-state index contributed by atoms with van der Waals surface area (Å²) in [6, 6.07) is 8.16. The molecule has 0 saturated carbocycles. The van der Waals surface area contributed by atoms with Gasteiger partial charge >= 0.3 is 5.97 Å². The molecule has 0 radical (unpaired) electrons. The van der Waals surface area contributed by atoms with E-state index < -0.39 is 11.4 Å². The molecule has 0 saturated heterocycles. The Morgan fingerprint density at radius 3 is 2.41 bits per heavy atom. The molecule has 7 heteroatoms. The predicted octanol–water partition coefficient (Wildman–Crippen LogP) is 4.36. The maximum atomic E-state index is 12.9. The SMILES string of the molecule is COc1ccc(-c2oc3cc(C)c(Cl)cc3c(=O)c2OC(C)=O)cc1OC. The number of rotatable bonds is 4. The van der Waals surface area contributed by atoms with E-state index in [1.165, 1.54) is 27.2 Å². The van der Waals surface area contributed by atoms with Crippen LogP contribution in [0.4, 0.5) is 0 Å². The monoisotopic (exact) mass is 388 g/mol. The summed E-state index contributed by atoms with van der Waals surface area (Å²) in [4.78, 5) is 24.5. The number of benzene rings is 2. The second-order valence-electron chi connectivity index (χ2n) is 5.85. The van der Waals surface area contributed by atoms with Crippen LogP contribution in [0.5, 0.6) is 17.2 Å². The first-order valence-corrected chi connectivity index (χ1v) is 8.41. The third-order valence-corrected chi connectivity index (χ3v) is 4.43. The van der Waals surface area contributed by atoms with Crippen molar-refractivity contribution in [3.05, 3.63) is 51.1 Å². The minimum Gasteiger partial charge on any atom is -0.493 e. The lowest BCUT2D eigenvalue weighted by Gasteiger charge is -2.13. The lowest BCUT2D eigenvalue weighted by atomic mass is 10.1. The van der Waals surface area contributed by atoms with Crippen LogP contribution in [0.2, 0.25) is 5.02 Å². The molecular formula is C20H17ClO6. The van der Waals surface area contributed by atoms with E-state index in [4.69, 9.17) is 30.2 Å². The van der Waals surface area contributed by atoms with Gasteiger partial charge in [0.15, 0.2) is 17.3 Å². The fraction of sp³-hybridized carbons (Fsp3) is 0.200. The van der Waals surface area contributed by atoms with Crippen molar-refractivity contribution in [1.29, 1.82) is 0 Å². The average molecular weight is 389 g/mol. The van der Waals surface area contributed by atoms with Gasteiger partial charge in [-0.25, -0.2) is 0 Å². The van der Waals surface area contributed by atoms with Crippen LogP contribution in [-0.2, 0) is 4.79 Å². The van der Waals surface area contributed by atoms with Crippen molar-refractivity contribution >= 4 is 28.5 Å². The Morgan fingerprint density at radius 2 is 1.78 bits per heavy atom. The second-order valence-corrected chi connectivity index (χ2v) is 6.26. The van der Waals surface area contributed by atoms with Gasteiger partial charge in [-0.2, -0.15) is 0 Å². The van der Waals surface area contributed by atoms with Crippen LogP contribution in [0.15, 0.2) is 39.5 Å². The second kappa shape index (κ2) is 7.32. The third-order valence-electron chi connectivity index (χ3n) is 4.02. The van der Waals surface area contributed by atoms with Crippen LogP contribution in [-0.4, -0.2) is 20.2 Å². The number of hydrogen-bond donors (Lipinski definition) is 0. The number of esters is 1. The number of carbonyl (C=O) groups excluding carboxylic acids is 1. The summed E-state index contributed by atoms with van der Waals surface area (Å²) in [5.41, 5.74) is 1.10. The summed E-state index contributed by atoms with van der Waals surface area (Å²) in [6.45, 7) is 3.02. The van der Waals surface area contributed by atoms with Crippen LogP contribution in [0, 0.1) is 6.92 Å². The topological polar surface area (TPSA) is 75.0 Å². The van der Waals surface area contributed by atoms with Gasteiger partial charge in [0.1, 0.15) is 5.58 Å². The zero-order chi connectivity index (χ0) is 19.7. The number of fused-ring (bicyclic) bond motifs is 1. The van der Waals surface area contributed by atoms with Gasteiger partial charge < -0.3 is 18.6 Å². The van der Waals surface area contributed by atoms with Crippen LogP contribution >= 0.6 is 11.6 Å². The first-order valence-electron chi connectivity index (χ1n) is 8.03. The molecule has 0 aliphatic rings. The maximum absolute atomic E-state index is 12.9. The van der Waals surface area contributed by atoms with E-state index in [9.17, 15) is 9.59 Å². The molecule has 1 heterocycles. The van der Waals surface area contributed by atoms with Gasteiger partial charge in [-0.05, 0) is 42.8 Å². The highest BCUT2D eigenvalue weighted by Crippen LogP contribution is 2.37. The van der Waals surface area contributed by atoms with Gasteiger partial charge in [0.25, 0.3) is 0 Å². The zero-order valence-corrected chi connectivity index (χ0v) is 16.0. The van der Waals surface area contributed by atoms with Crippen LogP contribution < -0.4 is 19.6 Å². The Morgan fingerprint density at radius 1 is 1.07 bits per heavy atom. The number of aryl methyl sites for hydroxylation is 1. The summed E-state index contributed by atoms with van der Waals surface area (Å²) < 4.78 is 21.6. The summed E-state index contributed by atoms with van der Waals surface area (Å²) in [5.74, 6) is 0.231. The summed E-state index contributed by atoms with van der Waals surface area (Å²) in [5, 5.41) is 0.647. The minimum atomic E-state index is -0.637. The largest absolute Gasteiger partial charge is 0.493 e. The molecule has 140 valence electrons. The molecule has 1 aromatic heterocycles. The van der Waals surface area contributed by atoms with Crippen molar-refractivity contribution < 1.29 is 23.4 Å². The number of ether oxygens (including phenoxy) is 3.